The van der Waals surface area contributed by atoms with Crippen LogP contribution in [0.2, 0.25) is 0 Å². The number of carbonyl (C=O) groups excluding carboxylic acids is 3. The largest absolute Gasteiger partial charge is 0.351 e. The van der Waals surface area contributed by atoms with Crippen LogP contribution in [-0.4, -0.2) is 36.3 Å². The molecular formula is C25H35N3O3. The van der Waals surface area contributed by atoms with Crippen molar-refractivity contribution in [3.8, 4) is 0 Å². The predicted molar refractivity (Wildman–Crippen MR) is 123 cm³/mol. The van der Waals surface area contributed by atoms with Crippen molar-refractivity contribution in [1.82, 2.24) is 16.0 Å². The van der Waals surface area contributed by atoms with Gasteiger partial charge in [0.15, 0.2) is 0 Å². The topological polar surface area (TPSA) is 87.3 Å². The number of allylic oxidation sites excluding steroid dienone is 2. The lowest BCUT2D eigenvalue weighted by molar-refractivity contribution is -0.132. The van der Waals surface area contributed by atoms with E-state index in [2.05, 4.69) is 22.5 Å². The quantitative estimate of drug-likeness (QED) is 0.693. The number of nitrogens with one attached hydrogen (secondary N) is 3. The van der Waals surface area contributed by atoms with Crippen molar-refractivity contribution in [2.45, 2.75) is 64.5 Å². The van der Waals surface area contributed by atoms with Gasteiger partial charge in [-0.1, -0.05) is 68.5 Å². The summed E-state index contributed by atoms with van der Waals surface area (Å²) in [5.74, 6) is -0.503. The van der Waals surface area contributed by atoms with Crippen molar-refractivity contribution in [2.24, 2.45) is 5.92 Å². The Morgan fingerprint density at radius 1 is 0.968 bits per heavy atom. The van der Waals surface area contributed by atoms with Crippen LogP contribution in [-0.2, 0) is 20.8 Å². The number of carbonyl (C=O) groups is 3. The van der Waals surface area contributed by atoms with E-state index in [0.29, 0.717) is 25.8 Å². The maximum absolute atomic E-state index is 13.1. The minimum absolute atomic E-state index is 0.158. The first-order chi connectivity index (χ1) is 14.8. The Labute approximate surface area is 185 Å². The van der Waals surface area contributed by atoms with Crippen LogP contribution in [0, 0.1) is 5.92 Å². The molecule has 0 saturated heterocycles. The van der Waals surface area contributed by atoms with Crippen molar-refractivity contribution < 1.29 is 14.4 Å². The third kappa shape index (κ3) is 9.20. The second kappa shape index (κ2) is 12.7. The number of amides is 3. The Kier molecular flexibility index (Phi) is 10.0. The molecule has 2 rings (SSSR count). The average molecular weight is 426 g/mol. The zero-order chi connectivity index (χ0) is 22.6. The Hall–Kier alpha value is -2.89. The van der Waals surface area contributed by atoms with Gasteiger partial charge in [0.1, 0.15) is 12.1 Å². The molecule has 0 bridgehead atoms. The first-order valence-corrected chi connectivity index (χ1v) is 11.1. The van der Waals surface area contributed by atoms with Crippen molar-refractivity contribution in [3.63, 3.8) is 0 Å². The molecule has 1 aliphatic heterocycles. The standard InChI is InChI=1S/C25H35N3O3/c1-18(2)16-21-24(30)26-15-9-11-19(3)10-7-8-14-23(29)27-22(25(31)28-21)17-20-12-5-4-6-13-20/h4-6,9,11-13,18,21-22H,3,7-8,10,14-17H2,1-2H3,(H,26,30)(H,27,29)(H,28,31)/b11-9+/t21-,22-/m0/s1. The molecule has 0 saturated carbocycles. The summed E-state index contributed by atoms with van der Waals surface area (Å²) >= 11 is 0. The van der Waals surface area contributed by atoms with Crippen LogP contribution in [0.5, 0.6) is 0 Å². The molecular weight excluding hydrogens is 390 g/mol. The summed E-state index contributed by atoms with van der Waals surface area (Å²) in [4.78, 5) is 38.4. The molecule has 1 heterocycles. The average Bonchev–Trinajstić information content (AvgIpc) is 2.73. The summed E-state index contributed by atoms with van der Waals surface area (Å²) in [6.45, 7) is 8.41. The smallest absolute Gasteiger partial charge is 0.243 e. The van der Waals surface area contributed by atoms with E-state index in [1.807, 2.05) is 56.3 Å². The second-order valence-electron chi connectivity index (χ2n) is 8.51. The third-order valence-electron chi connectivity index (χ3n) is 5.17. The van der Waals surface area contributed by atoms with E-state index in [-0.39, 0.29) is 23.6 Å². The van der Waals surface area contributed by atoms with Crippen LogP contribution in [0.25, 0.3) is 0 Å². The minimum Gasteiger partial charge on any atom is -0.351 e. The molecule has 2 atom stereocenters. The van der Waals surface area contributed by atoms with Crippen LogP contribution < -0.4 is 16.0 Å². The van der Waals surface area contributed by atoms with Crippen LogP contribution in [0.3, 0.4) is 0 Å². The Morgan fingerprint density at radius 2 is 1.68 bits per heavy atom. The lowest BCUT2D eigenvalue weighted by atomic mass is 10.0. The predicted octanol–water partition coefficient (Wildman–Crippen LogP) is 3.05. The van der Waals surface area contributed by atoms with Gasteiger partial charge >= 0.3 is 0 Å². The molecule has 3 amide bonds. The SMILES string of the molecule is C=C1/C=C/CNC(=O)[C@H](CC(C)C)NC(=O)[C@H](Cc2ccccc2)NC(=O)CCCC1. The fourth-order valence-electron chi connectivity index (χ4n) is 3.53. The lowest BCUT2D eigenvalue weighted by Crippen LogP contribution is -2.54. The van der Waals surface area contributed by atoms with E-state index in [9.17, 15) is 14.4 Å². The van der Waals surface area contributed by atoms with E-state index >= 15 is 0 Å². The molecule has 1 aliphatic rings. The normalized spacial score (nSPS) is 23.1. The van der Waals surface area contributed by atoms with E-state index in [1.165, 1.54) is 0 Å². The van der Waals surface area contributed by atoms with Gasteiger partial charge < -0.3 is 16.0 Å². The highest BCUT2D eigenvalue weighted by molar-refractivity contribution is 5.92. The van der Waals surface area contributed by atoms with Crippen LogP contribution in [0.15, 0.2) is 54.6 Å². The molecule has 0 aromatic heterocycles. The Morgan fingerprint density at radius 3 is 2.39 bits per heavy atom. The highest BCUT2D eigenvalue weighted by atomic mass is 16.2. The van der Waals surface area contributed by atoms with Gasteiger partial charge in [-0.3, -0.25) is 14.4 Å². The number of rotatable bonds is 4. The van der Waals surface area contributed by atoms with Crippen molar-refractivity contribution >= 4 is 17.7 Å². The summed E-state index contributed by atoms with van der Waals surface area (Å²) in [5.41, 5.74) is 1.92. The molecule has 31 heavy (non-hydrogen) atoms. The summed E-state index contributed by atoms with van der Waals surface area (Å²) in [6.07, 6.45) is 7.37. The molecule has 6 heteroatoms. The van der Waals surface area contributed by atoms with E-state index in [1.54, 1.807) is 0 Å². The molecule has 3 N–H and O–H groups in total. The molecule has 0 unspecified atom stereocenters. The van der Waals surface area contributed by atoms with Gasteiger partial charge in [-0.15, -0.1) is 0 Å². The number of hydrogen-bond acceptors (Lipinski definition) is 3. The van der Waals surface area contributed by atoms with E-state index < -0.39 is 12.1 Å². The van der Waals surface area contributed by atoms with Gasteiger partial charge in [-0.05, 0) is 37.2 Å². The second-order valence-corrected chi connectivity index (χ2v) is 8.51. The molecule has 0 aliphatic carbocycles. The molecule has 0 fully saturated rings. The van der Waals surface area contributed by atoms with Crippen LogP contribution >= 0.6 is 0 Å². The monoisotopic (exact) mass is 425 g/mol. The summed E-state index contributed by atoms with van der Waals surface area (Å²) < 4.78 is 0. The van der Waals surface area contributed by atoms with Crippen LogP contribution in [0.1, 0.15) is 51.5 Å². The molecule has 6 nitrogen and oxygen atoms in total. The van der Waals surface area contributed by atoms with Crippen LogP contribution in [0.4, 0.5) is 0 Å². The van der Waals surface area contributed by atoms with Gasteiger partial charge in [-0.2, -0.15) is 0 Å². The molecule has 0 radical (unpaired) electrons. The molecule has 1 aromatic carbocycles. The first kappa shape index (κ1) is 24.4. The molecule has 1 aromatic rings. The summed E-state index contributed by atoms with van der Waals surface area (Å²) in [5, 5.41) is 8.62. The van der Waals surface area contributed by atoms with Crippen molar-refractivity contribution in [3.05, 3.63) is 60.2 Å². The van der Waals surface area contributed by atoms with Gasteiger partial charge in [-0.25, -0.2) is 0 Å². The van der Waals surface area contributed by atoms with Crippen molar-refractivity contribution in [1.29, 1.82) is 0 Å². The third-order valence-corrected chi connectivity index (χ3v) is 5.17. The zero-order valence-corrected chi connectivity index (χ0v) is 18.7. The van der Waals surface area contributed by atoms with E-state index in [4.69, 9.17) is 0 Å². The maximum atomic E-state index is 13.1. The van der Waals surface area contributed by atoms with Gasteiger partial charge in [0, 0.05) is 19.4 Å². The van der Waals surface area contributed by atoms with Gasteiger partial charge in [0.05, 0.1) is 0 Å². The van der Waals surface area contributed by atoms with Gasteiger partial charge in [0.2, 0.25) is 17.7 Å². The minimum atomic E-state index is -0.736. The fourth-order valence-corrected chi connectivity index (χ4v) is 3.53. The lowest BCUT2D eigenvalue weighted by Gasteiger charge is -2.24. The number of benzene rings is 1. The van der Waals surface area contributed by atoms with Gasteiger partial charge in [0.25, 0.3) is 0 Å². The maximum Gasteiger partial charge on any atom is 0.243 e. The number of hydrogen-bond donors (Lipinski definition) is 3. The highest BCUT2D eigenvalue weighted by Gasteiger charge is 2.27. The molecule has 168 valence electrons. The highest BCUT2D eigenvalue weighted by Crippen LogP contribution is 2.11. The Bertz CT molecular complexity index is 786. The molecule has 0 spiro atoms. The first-order valence-electron chi connectivity index (χ1n) is 11.1. The van der Waals surface area contributed by atoms with E-state index in [0.717, 1.165) is 30.4 Å². The fraction of sp³-hybridized carbons (Fsp3) is 0.480. The van der Waals surface area contributed by atoms with Crippen molar-refractivity contribution in [2.75, 3.05) is 6.54 Å². The Balaban J connectivity index is 2.21. The zero-order valence-electron chi connectivity index (χ0n) is 18.7. The summed E-state index contributed by atoms with van der Waals surface area (Å²) in [6, 6.07) is 8.17. The summed E-state index contributed by atoms with van der Waals surface area (Å²) in [7, 11) is 0.